The summed E-state index contributed by atoms with van der Waals surface area (Å²) in [5.74, 6) is -0.214. The van der Waals surface area contributed by atoms with Crippen LogP contribution >= 0.6 is 0 Å². The Morgan fingerprint density at radius 3 is 2.64 bits per heavy atom. The largest absolute Gasteiger partial charge is 0.390 e. The number of rotatable bonds is 7. The van der Waals surface area contributed by atoms with Gasteiger partial charge in [0, 0.05) is 34.7 Å². The Hall–Kier alpha value is -3.18. The Bertz CT molecular complexity index is 1070. The quantitative estimate of drug-likeness (QED) is 0.420. The minimum Gasteiger partial charge on any atom is -0.390 e. The molecule has 0 fully saturated rings. The van der Waals surface area contributed by atoms with Crippen molar-refractivity contribution >= 4 is 22.3 Å². The van der Waals surface area contributed by atoms with E-state index in [-0.39, 0.29) is 12.4 Å². The molecule has 28 heavy (non-hydrogen) atoms. The first-order valence-corrected chi connectivity index (χ1v) is 9.38. The summed E-state index contributed by atoms with van der Waals surface area (Å²) in [5.41, 5.74) is 5.90. The third-order valence-corrected chi connectivity index (χ3v) is 4.86. The van der Waals surface area contributed by atoms with E-state index in [4.69, 9.17) is 0 Å². The minimum atomic E-state index is -0.214. The fourth-order valence-corrected chi connectivity index (χ4v) is 3.41. The van der Waals surface area contributed by atoms with Gasteiger partial charge in [0.2, 0.25) is 0 Å². The highest BCUT2D eigenvalue weighted by molar-refractivity contribution is 5.83. The summed E-state index contributed by atoms with van der Waals surface area (Å²) in [7, 11) is 0. The molecule has 3 N–H and O–H groups in total. The van der Waals surface area contributed by atoms with Gasteiger partial charge >= 0.3 is 0 Å². The first kappa shape index (κ1) is 18.2. The molecule has 5 heteroatoms. The van der Waals surface area contributed by atoms with E-state index in [1.807, 2.05) is 24.4 Å². The number of aliphatic hydroxyl groups is 1. The van der Waals surface area contributed by atoms with Crippen LogP contribution in [-0.4, -0.2) is 15.1 Å². The smallest absolute Gasteiger partial charge is 0.125 e. The van der Waals surface area contributed by atoms with Gasteiger partial charge in [0.25, 0.3) is 0 Å². The number of aromatic amines is 1. The van der Waals surface area contributed by atoms with Gasteiger partial charge in [-0.1, -0.05) is 12.1 Å². The van der Waals surface area contributed by atoms with Crippen LogP contribution in [0.25, 0.3) is 10.9 Å². The van der Waals surface area contributed by atoms with Crippen molar-refractivity contribution in [2.24, 2.45) is 0 Å². The third kappa shape index (κ3) is 4.21. The molecule has 0 aliphatic carbocycles. The van der Waals surface area contributed by atoms with E-state index in [2.05, 4.69) is 39.6 Å². The molecular formula is C23H22FN3O. The SMILES string of the molecule is OCc1cc(Nc2ccc(CCCc3c[nH]c4cc(F)ccc34)cc2)ccn1. The monoisotopic (exact) mass is 375 g/mol. The zero-order valence-electron chi connectivity index (χ0n) is 15.5. The molecule has 2 heterocycles. The number of halogens is 1. The summed E-state index contributed by atoms with van der Waals surface area (Å²) >= 11 is 0. The van der Waals surface area contributed by atoms with Crippen LogP contribution in [0.1, 0.15) is 23.2 Å². The summed E-state index contributed by atoms with van der Waals surface area (Å²) in [6.07, 6.45) is 6.62. The van der Waals surface area contributed by atoms with Crippen molar-refractivity contribution in [3.8, 4) is 0 Å². The number of nitrogens with zero attached hydrogens (tertiary/aromatic N) is 1. The zero-order chi connectivity index (χ0) is 19.3. The maximum absolute atomic E-state index is 13.3. The molecule has 4 rings (SSSR count). The maximum Gasteiger partial charge on any atom is 0.125 e. The van der Waals surface area contributed by atoms with Gasteiger partial charge in [0.1, 0.15) is 5.82 Å². The molecule has 0 unspecified atom stereocenters. The number of anilines is 2. The number of nitrogens with one attached hydrogen (secondary N) is 2. The Morgan fingerprint density at radius 2 is 1.82 bits per heavy atom. The van der Waals surface area contributed by atoms with Gasteiger partial charge in [-0.3, -0.25) is 4.98 Å². The van der Waals surface area contributed by atoms with E-state index in [0.717, 1.165) is 41.5 Å². The Kier molecular flexibility index (Phi) is 5.35. The number of H-pyrrole nitrogens is 1. The summed E-state index contributed by atoms with van der Waals surface area (Å²) in [5, 5.41) is 13.6. The van der Waals surface area contributed by atoms with Gasteiger partial charge in [-0.05, 0) is 72.9 Å². The van der Waals surface area contributed by atoms with Crippen LogP contribution in [-0.2, 0) is 19.4 Å². The summed E-state index contributed by atoms with van der Waals surface area (Å²) in [6, 6.07) is 17.0. The predicted octanol–water partition coefficient (Wildman–Crippen LogP) is 5.11. The molecule has 142 valence electrons. The summed E-state index contributed by atoms with van der Waals surface area (Å²) in [6.45, 7) is -0.0696. The van der Waals surface area contributed by atoms with Crippen molar-refractivity contribution in [2.45, 2.75) is 25.9 Å². The number of hydrogen-bond acceptors (Lipinski definition) is 3. The van der Waals surface area contributed by atoms with Crippen molar-refractivity contribution < 1.29 is 9.50 Å². The second-order valence-corrected chi connectivity index (χ2v) is 6.87. The molecule has 0 bridgehead atoms. The van der Waals surface area contributed by atoms with Crippen LogP contribution in [0, 0.1) is 5.82 Å². The fourth-order valence-electron chi connectivity index (χ4n) is 3.41. The van der Waals surface area contributed by atoms with Crippen molar-refractivity contribution in [3.05, 3.63) is 89.6 Å². The molecule has 0 aliphatic rings. The van der Waals surface area contributed by atoms with Crippen molar-refractivity contribution in [1.82, 2.24) is 9.97 Å². The van der Waals surface area contributed by atoms with Crippen LogP contribution in [0.5, 0.6) is 0 Å². The Morgan fingerprint density at radius 1 is 0.964 bits per heavy atom. The van der Waals surface area contributed by atoms with Crippen molar-refractivity contribution in [1.29, 1.82) is 0 Å². The van der Waals surface area contributed by atoms with Crippen LogP contribution in [0.3, 0.4) is 0 Å². The fraction of sp³-hybridized carbons (Fsp3) is 0.174. The normalized spacial score (nSPS) is 11.1. The molecule has 0 spiro atoms. The van der Waals surface area contributed by atoms with Crippen molar-refractivity contribution in [3.63, 3.8) is 0 Å². The van der Waals surface area contributed by atoms with E-state index in [9.17, 15) is 9.50 Å². The van der Waals surface area contributed by atoms with E-state index in [0.29, 0.717) is 5.69 Å². The van der Waals surface area contributed by atoms with E-state index in [1.54, 1.807) is 6.20 Å². The lowest BCUT2D eigenvalue weighted by Crippen LogP contribution is -1.95. The number of fused-ring (bicyclic) bond motifs is 1. The number of aryl methyl sites for hydroxylation is 2. The summed E-state index contributed by atoms with van der Waals surface area (Å²) in [4.78, 5) is 7.23. The topological polar surface area (TPSA) is 60.9 Å². The van der Waals surface area contributed by atoms with Crippen LogP contribution in [0.15, 0.2) is 67.0 Å². The number of aromatic nitrogens is 2. The molecule has 4 nitrogen and oxygen atoms in total. The molecule has 0 saturated heterocycles. The summed E-state index contributed by atoms with van der Waals surface area (Å²) < 4.78 is 13.3. The first-order chi connectivity index (χ1) is 13.7. The lowest BCUT2D eigenvalue weighted by atomic mass is 10.0. The van der Waals surface area contributed by atoms with Gasteiger partial charge in [-0.2, -0.15) is 0 Å². The van der Waals surface area contributed by atoms with Gasteiger partial charge in [0.15, 0.2) is 0 Å². The molecule has 2 aromatic heterocycles. The van der Waals surface area contributed by atoms with Gasteiger partial charge < -0.3 is 15.4 Å². The predicted molar refractivity (Wildman–Crippen MR) is 110 cm³/mol. The van der Waals surface area contributed by atoms with Crippen LogP contribution in [0.4, 0.5) is 15.8 Å². The maximum atomic E-state index is 13.3. The molecule has 0 radical (unpaired) electrons. The van der Waals surface area contributed by atoms with Crippen LogP contribution < -0.4 is 5.32 Å². The highest BCUT2D eigenvalue weighted by Gasteiger charge is 2.05. The van der Waals surface area contributed by atoms with Gasteiger partial charge in [0.05, 0.1) is 12.3 Å². The van der Waals surface area contributed by atoms with Gasteiger partial charge in [-0.25, -0.2) is 4.39 Å². The average molecular weight is 375 g/mol. The molecule has 0 aliphatic heterocycles. The highest BCUT2D eigenvalue weighted by Crippen LogP contribution is 2.22. The Balaban J connectivity index is 1.34. The number of hydrogen-bond donors (Lipinski definition) is 3. The third-order valence-electron chi connectivity index (χ3n) is 4.86. The second kappa shape index (κ2) is 8.23. The second-order valence-electron chi connectivity index (χ2n) is 6.87. The lowest BCUT2D eigenvalue weighted by Gasteiger charge is -2.08. The molecule has 2 aromatic carbocycles. The number of benzene rings is 2. The lowest BCUT2D eigenvalue weighted by molar-refractivity contribution is 0.277. The van der Waals surface area contributed by atoms with Crippen LogP contribution in [0.2, 0.25) is 0 Å². The van der Waals surface area contributed by atoms with E-state index < -0.39 is 0 Å². The average Bonchev–Trinajstić information content (AvgIpc) is 3.11. The molecule has 0 atom stereocenters. The Labute approximate surface area is 163 Å². The minimum absolute atomic E-state index is 0.0696. The van der Waals surface area contributed by atoms with Crippen molar-refractivity contribution in [2.75, 3.05) is 5.32 Å². The standard InChI is InChI=1S/C23H22FN3O/c24-18-6-9-22-17(14-26-23(22)12-18)3-1-2-16-4-7-19(8-5-16)27-20-10-11-25-21(13-20)15-28/h4-14,26,28H,1-3,15H2,(H,25,27). The van der Waals surface area contributed by atoms with E-state index in [1.165, 1.54) is 23.3 Å². The first-order valence-electron chi connectivity index (χ1n) is 9.38. The van der Waals surface area contributed by atoms with Gasteiger partial charge in [-0.15, -0.1) is 0 Å². The molecule has 4 aromatic rings. The number of aliphatic hydroxyl groups excluding tert-OH is 1. The zero-order valence-corrected chi connectivity index (χ0v) is 15.5. The highest BCUT2D eigenvalue weighted by atomic mass is 19.1. The number of pyridine rings is 1. The van der Waals surface area contributed by atoms with E-state index >= 15 is 0 Å². The molecule has 0 saturated carbocycles. The molecular weight excluding hydrogens is 353 g/mol. The molecule has 0 amide bonds.